The average molecular weight is 670 g/mol. The number of nitrogen functional groups attached to an aromatic ring is 1. The number of Topliss-reactive ketones (excluding diaryl/α,β-unsaturated/α-hetero) is 1. The summed E-state index contributed by atoms with van der Waals surface area (Å²) in [6.45, 7) is 1.80. The average Bonchev–Trinajstić information content (AvgIpc) is 3.60. The maximum atomic E-state index is 13.3. The topological polar surface area (TPSA) is 285 Å². The van der Waals surface area contributed by atoms with Crippen LogP contribution in [0.25, 0.3) is 10.7 Å². The molecule has 3 aromatic rings. The zero-order valence-corrected chi connectivity index (χ0v) is 25.0. The van der Waals surface area contributed by atoms with Crippen molar-refractivity contribution in [2.75, 3.05) is 12.3 Å². The molecule has 4 rings (SSSR count). The molecule has 2 amide bonds. The summed E-state index contributed by atoms with van der Waals surface area (Å²) in [7, 11) is -5.09. The van der Waals surface area contributed by atoms with Crippen LogP contribution < -0.4 is 16.5 Å². The van der Waals surface area contributed by atoms with Crippen LogP contribution in [0.3, 0.4) is 0 Å². The summed E-state index contributed by atoms with van der Waals surface area (Å²) in [5.41, 5.74) is 2.61. The lowest BCUT2D eigenvalue weighted by Gasteiger charge is -2.43. The first-order chi connectivity index (χ1) is 20.5. The number of nitrogens with one attached hydrogen (secondary N) is 2. The van der Waals surface area contributed by atoms with E-state index in [0.29, 0.717) is 0 Å². The normalized spacial score (nSPS) is 17.2. The molecule has 0 aliphatic carbocycles. The van der Waals surface area contributed by atoms with Gasteiger partial charge in [0.05, 0.1) is 17.7 Å². The molecular weight excluding hydrogens is 646 g/mol. The second-order valence-corrected chi connectivity index (χ2v) is 12.7. The quantitative estimate of drug-likeness (QED) is 0.0633. The minimum Gasteiger partial charge on any atom is -0.503 e. The smallest absolute Gasteiger partial charge is 0.362 e. The van der Waals surface area contributed by atoms with Crippen molar-refractivity contribution in [2.45, 2.75) is 31.9 Å². The molecule has 0 spiro atoms. The molecule has 234 valence electrons. The van der Waals surface area contributed by atoms with Gasteiger partial charge in [0.1, 0.15) is 16.4 Å². The molecule has 2 atom stereocenters. The number of anilines is 1. The van der Waals surface area contributed by atoms with E-state index in [-0.39, 0.29) is 31.5 Å². The molecule has 0 saturated carbocycles. The molecule has 0 unspecified atom stereocenters. The number of thiazole rings is 2. The van der Waals surface area contributed by atoms with Crippen molar-refractivity contribution in [3.8, 4) is 16.5 Å². The van der Waals surface area contributed by atoms with Gasteiger partial charge < -0.3 is 31.1 Å². The Labute approximate surface area is 255 Å². The van der Waals surface area contributed by atoms with Crippen LogP contribution in [0.1, 0.15) is 36.5 Å². The van der Waals surface area contributed by atoms with Crippen molar-refractivity contribution in [1.82, 2.24) is 24.6 Å². The Bertz CT molecular complexity index is 1840. The summed E-state index contributed by atoms with van der Waals surface area (Å²) in [6.07, 6.45) is 0.365. The van der Waals surface area contributed by atoms with Gasteiger partial charge in [0.25, 0.3) is 5.91 Å². The van der Waals surface area contributed by atoms with E-state index in [2.05, 4.69) is 25.4 Å². The SMILES string of the molecule is CC(C)(O/N=C(\C(=O)C[C@@H]1C(=O)N(S(=O)(=O)O)[C@@H]1CNC(=O)c1csc(-c2cc(=O)c(O)c[nH]2)n1)c1csc(N)n1)C(=O)O. The maximum absolute atomic E-state index is 13.3. The van der Waals surface area contributed by atoms with Crippen LogP contribution in [0, 0.1) is 5.92 Å². The van der Waals surface area contributed by atoms with Gasteiger partial charge in [-0.05, 0) is 13.8 Å². The number of carboxylic acids is 1. The molecule has 3 aromatic heterocycles. The minimum atomic E-state index is -5.09. The lowest BCUT2D eigenvalue weighted by atomic mass is 9.84. The molecule has 44 heavy (non-hydrogen) atoms. The molecular formula is C23H23N7O11S3. The van der Waals surface area contributed by atoms with Crippen LogP contribution in [-0.2, 0) is 29.5 Å². The third-order valence-electron chi connectivity index (χ3n) is 6.19. The molecule has 1 aliphatic heterocycles. The van der Waals surface area contributed by atoms with Gasteiger partial charge in [-0.2, -0.15) is 8.42 Å². The summed E-state index contributed by atoms with van der Waals surface area (Å²) >= 11 is 1.92. The highest BCUT2D eigenvalue weighted by Gasteiger charge is 2.54. The molecule has 1 aliphatic rings. The highest BCUT2D eigenvalue weighted by atomic mass is 32.2. The van der Waals surface area contributed by atoms with Gasteiger partial charge in [-0.3, -0.25) is 23.7 Å². The van der Waals surface area contributed by atoms with E-state index in [1.54, 1.807) is 0 Å². The molecule has 4 heterocycles. The lowest BCUT2D eigenvalue weighted by molar-refractivity contribution is -0.161. The van der Waals surface area contributed by atoms with Gasteiger partial charge >= 0.3 is 16.3 Å². The molecule has 0 aromatic carbocycles. The number of nitrogens with zero attached hydrogens (tertiary/aromatic N) is 4. The Morgan fingerprint density at radius 1 is 1.20 bits per heavy atom. The zero-order chi connectivity index (χ0) is 32.6. The monoisotopic (exact) mass is 669 g/mol. The van der Waals surface area contributed by atoms with E-state index in [4.69, 9.17) is 10.6 Å². The number of nitrogens with two attached hydrogens (primary N) is 1. The first kappa shape index (κ1) is 32.2. The summed E-state index contributed by atoms with van der Waals surface area (Å²) < 4.78 is 33.5. The Kier molecular flexibility index (Phi) is 8.86. The fourth-order valence-corrected chi connectivity index (χ4v) is 6.07. The lowest BCUT2D eigenvalue weighted by Crippen LogP contribution is -2.66. The van der Waals surface area contributed by atoms with Crippen LogP contribution in [0.15, 0.2) is 33.0 Å². The largest absolute Gasteiger partial charge is 0.503 e. The fourth-order valence-electron chi connectivity index (χ4n) is 3.82. The number of aliphatic carboxylic acids is 1. The molecule has 1 fully saturated rings. The highest BCUT2D eigenvalue weighted by molar-refractivity contribution is 7.84. The Balaban J connectivity index is 1.52. The maximum Gasteiger partial charge on any atom is 0.362 e. The predicted molar refractivity (Wildman–Crippen MR) is 153 cm³/mol. The fraction of sp³-hybridized carbons (Fsp3) is 0.304. The molecule has 18 nitrogen and oxygen atoms in total. The van der Waals surface area contributed by atoms with Gasteiger partial charge in [-0.15, -0.1) is 22.7 Å². The van der Waals surface area contributed by atoms with Gasteiger partial charge in [0.2, 0.25) is 16.9 Å². The first-order valence-corrected chi connectivity index (χ1v) is 15.4. The Morgan fingerprint density at radius 3 is 2.48 bits per heavy atom. The van der Waals surface area contributed by atoms with Crippen LogP contribution >= 0.6 is 22.7 Å². The number of carbonyl (C=O) groups excluding carboxylic acids is 3. The third kappa shape index (κ3) is 6.74. The molecule has 21 heteroatoms. The van der Waals surface area contributed by atoms with Crippen molar-refractivity contribution < 1.29 is 47.2 Å². The number of hydrogen-bond donors (Lipinski definition) is 6. The predicted octanol–water partition coefficient (Wildman–Crippen LogP) is -0.154. The summed E-state index contributed by atoms with van der Waals surface area (Å²) in [5, 5.41) is 27.7. The van der Waals surface area contributed by atoms with E-state index >= 15 is 0 Å². The second kappa shape index (κ2) is 12.1. The number of H-pyrrole nitrogens is 1. The van der Waals surface area contributed by atoms with E-state index < -0.39 is 81.3 Å². The molecule has 0 radical (unpaired) electrons. The number of amides is 2. The zero-order valence-electron chi connectivity index (χ0n) is 22.6. The number of oxime groups is 1. The number of carboxylic acid groups (broad SMARTS) is 1. The highest BCUT2D eigenvalue weighted by Crippen LogP contribution is 2.33. The van der Waals surface area contributed by atoms with Gasteiger partial charge in [-0.25, -0.2) is 19.1 Å². The Morgan fingerprint density at radius 2 is 1.89 bits per heavy atom. The number of aromatic hydroxyl groups is 1. The van der Waals surface area contributed by atoms with Crippen LogP contribution in [0.5, 0.6) is 5.75 Å². The van der Waals surface area contributed by atoms with E-state index in [9.17, 15) is 47.2 Å². The van der Waals surface area contributed by atoms with Gasteiger partial charge in [0, 0.05) is 36.0 Å². The van der Waals surface area contributed by atoms with E-state index in [0.717, 1.165) is 34.9 Å². The number of aromatic nitrogens is 3. The van der Waals surface area contributed by atoms with Crippen molar-refractivity contribution >= 4 is 67.4 Å². The second-order valence-electron chi connectivity index (χ2n) is 9.67. The van der Waals surface area contributed by atoms with Gasteiger partial charge in [-0.1, -0.05) is 5.16 Å². The summed E-state index contributed by atoms with van der Waals surface area (Å²) in [6, 6.07) is -0.331. The number of aromatic amines is 1. The number of ketones is 1. The number of pyridine rings is 1. The van der Waals surface area contributed by atoms with Crippen molar-refractivity contribution in [3.05, 3.63) is 44.6 Å². The van der Waals surface area contributed by atoms with Crippen molar-refractivity contribution in [2.24, 2.45) is 11.1 Å². The van der Waals surface area contributed by atoms with Crippen LogP contribution in [0.2, 0.25) is 0 Å². The number of carbonyl (C=O) groups is 4. The van der Waals surface area contributed by atoms with Crippen LogP contribution in [0.4, 0.5) is 5.13 Å². The molecule has 7 N–H and O–H groups in total. The number of β-lactam (4-membered cyclic amide) rings is 1. The summed E-state index contributed by atoms with van der Waals surface area (Å²) in [5.74, 6) is -6.13. The van der Waals surface area contributed by atoms with E-state index in [1.165, 1.54) is 24.6 Å². The molecule has 1 saturated heterocycles. The Hall–Kier alpha value is -4.73. The third-order valence-corrected chi connectivity index (χ3v) is 8.69. The minimum absolute atomic E-state index is 0.0396. The van der Waals surface area contributed by atoms with Gasteiger partial charge in [0.15, 0.2) is 22.4 Å². The van der Waals surface area contributed by atoms with Crippen molar-refractivity contribution in [3.63, 3.8) is 0 Å². The number of rotatable bonds is 12. The van der Waals surface area contributed by atoms with Crippen LogP contribution in [-0.4, -0.2) is 89.9 Å². The first-order valence-electron chi connectivity index (χ1n) is 12.2. The number of hydrogen-bond acceptors (Lipinski definition) is 15. The molecule has 0 bridgehead atoms. The summed E-state index contributed by atoms with van der Waals surface area (Å²) in [4.78, 5) is 77.6. The standard InChI is InChI=1S/C23H23N7O11S3/c1-23(2,21(36)37)41-29-17(11-7-43-22(24)28-11)15(32)3-9-13(30(20(9)35)44(38,39)40)5-26-18(34)12-8-42-19(27-12)10-4-14(31)16(33)6-25-10/h4,6-9,13,33H,3,5H2,1-2H3,(H2,24,28)(H,25,31)(H,26,34)(H,36,37)(H,38,39,40)/b29-17-/t9-,13+/m0/s1. The van der Waals surface area contributed by atoms with E-state index in [1.807, 2.05) is 0 Å². The van der Waals surface area contributed by atoms with Crippen molar-refractivity contribution in [1.29, 1.82) is 0 Å².